The highest BCUT2D eigenvalue weighted by atomic mass is 35.5. The Morgan fingerprint density at radius 1 is 0.246 bits per heavy atom. The van der Waals surface area contributed by atoms with Crippen LogP contribution < -0.4 is 62.8 Å². The molecule has 6 aromatic carbocycles. The summed E-state index contributed by atoms with van der Waals surface area (Å²) in [7, 11) is 0. The Kier molecular flexibility index (Phi) is 25.9. The van der Waals surface area contributed by atoms with Crippen molar-refractivity contribution in [2.75, 3.05) is 74.0 Å². The van der Waals surface area contributed by atoms with Gasteiger partial charge in [-0.3, -0.25) is 0 Å². The number of halogens is 12. The number of nitrogen functional groups attached to an aromatic ring is 6. The SMILES string of the molecule is CCc1cc(-c2c(Cl)cc(Cl)c3c2CCO3)nc(N)n1.Cc1cc(-c2c(Cl)cc(Cl)c3c2CCO3)nc(N)n1.Cc1cc(-c2c(Cl)cc(Cl)c3c2CCO3)nc(N)n1.Nc1nc2c(c(-c3c(Cl)cc(Cl)c4c3CCO4)n1)CCC2.Nc1nc2c(c(-c3c(Cl)cc(Cl)c4c3CCO4)n1)CCC2.Nc1nc2c(c(-c3c(Cl)cc(Cl)c4c3CCO4)n1)CCCC2. The van der Waals surface area contributed by atoms with Crippen LogP contribution in [-0.2, 0) is 83.5 Å². The van der Waals surface area contributed by atoms with Gasteiger partial charge in [0.1, 0.15) is 34.5 Å². The van der Waals surface area contributed by atoms with E-state index in [4.69, 9.17) is 202 Å². The average molecular weight is 1880 g/mol. The number of anilines is 6. The van der Waals surface area contributed by atoms with Gasteiger partial charge in [0.15, 0.2) is 0 Å². The maximum atomic E-state index is 6.50. The fourth-order valence-corrected chi connectivity index (χ4v) is 20.7. The predicted octanol–water partition coefficient (Wildman–Crippen LogP) is 20.8. The van der Waals surface area contributed by atoms with Crippen LogP contribution >= 0.6 is 139 Å². The molecule has 6 aliphatic heterocycles. The fraction of sp³-hybridized carbons (Fsp3) is 0.302. The highest BCUT2D eigenvalue weighted by Crippen LogP contribution is 2.52. The highest BCUT2D eigenvalue weighted by molar-refractivity contribution is 6.41. The molecule has 0 radical (unpaired) electrons. The van der Waals surface area contributed by atoms with Gasteiger partial charge in [-0.2, -0.15) is 0 Å². The molecule has 0 spiro atoms. The molecular formula is C86H76Cl12N18O6. The molecule has 0 saturated carbocycles. The summed E-state index contributed by atoms with van der Waals surface area (Å²) in [4.78, 5) is 51.7. The highest BCUT2D eigenvalue weighted by Gasteiger charge is 2.35. The van der Waals surface area contributed by atoms with Crippen LogP contribution in [0.25, 0.3) is 67.5 Å². The predicted molar refractivity (Wildman–Crippen MR) is 486 cm³/mol. The molecule has 0 bridgehead atoms. The maximum absolute atomic E-state index is 6.50. The molecule has 630 valence electrons. The molecule has 0 atom stereocenters. The maximum Gasteiger partial charge on any atom is 0.220 e. The summed E-state index contributed by atoms with van der Waals surface area (Å²) >= 11 is 75.5. The first kappa shape index (κ1) is 86.4. The van der Waals surface area contributed by atoms with Crippen LogP contribution in [0.5, 0.6) is 34.5 Å². The summed E-state index contributed by atoms with van der Waals surface area (Å²) < 4.78 is 33.6. The molecule has 6 aromatic heterocycles. The van der Waals surface area contributed by atoms with E-state index in [9.17, 15) is 0 Å². The van der Waals surface area contributed by atoms with Crippen molar-refractivity contribution in [2.24, 2.45) is 0 Å². The number of nitrogens with two attached hydrogens (primary N) is 6. The van der Waals surface area contributed by atoms with Crippen LogP contribution in [0.4, 0.5) is 35.7 Å². The van der Waals surface area contributed by atoms with Crippen molar-refractivity contribution in [3.63, 3.8) is 0 Å². The van der Waals surface area contributed by atoms with E-state index >= 15 is 0 Å². The van der Waals surface area contributed by atoms with Gasteiger partial charge in [-0.15, -0.1) is 0 Å². The Morgan fingerprint density at radius 3 is 0.770 bits per heavy atom. The second kappa shape index (κ2) is 36.6. The number of hydrogen-bond donors (Lipinski definition) is 6. The summed E-state index contributed by atoms with van der Waals surface area (Å²) in [5, 5.41) is 6.68. The van der Waals surface area contributed by atoms with Crippen molar-refractivity contribution in [2.45, 2.75) is 130 Å². The fourth-order valence-electron chi connectivity index (χ4n) is 16.8. The van der Waals surface area contributed by atoms with E-state index in [-0.39, 0.29) is 17.8 Å². The monoisotopic (exact) mass is 1880 g/mol. The van der Waals surface area contributed by atoms with Gasteiger partial charge in [0.25, 0.3) is 0 Å². The molecule has 12 heterocycles. The third-order valence-electron chi connectivity index (χ3n) is 21.8. The first-order chi connectivity index (χ1) is 58.7. The van der Waals surface area contributed by atoms with E-state index < -0.39 is 0 Å². The quantitative estimate of drug-likeness (QED) is 0.0863. The lowest BCUT2D eigenvalue weighted by atomic mass is 9.90. The summed E-state index contributed by atoms with van der Waals surface area (Å²) in [5.41, 5.74) is 59.8. The molecule has 36 heteroatoms. The normalized spacial score (nSPS) is 14.6. The van der Waals surface area contributed by atoms with Crippen molar-refractivity contribution < 1.29 is 28.4 Å². The van der Waals surface area contributed by atoms with Gasteiger partial charge in [0.2, 0.25) is 35.7 Å². The van der Waals surface area contributed by atoms with E-state index in [1.165, 1.54) is 5.56 Å². The second-order valence-corrected chi connectivity index (χ2v) is 34.6. The largest absolute Gasteiger partial charge is 0.491 e. The Hall–Kier alpha value is -9.12. The topological polar surface area (TPSA) is 366 Å². The lowest BCUT2D eigenvalue weighted by Gasteiger charge is -2.20. The van der Waals surface area contributed by atoms with Crippen molar-refractivity contribution >= 4 is 175 Å². The minimum absolute atomic E-state index is 0.230. The average Bonchev–Trinajstić information content (AvgIpc) is 1.49. The molecule has 24 nitrogen and oxygen atoms in total. The van der Waals surface area contributed by atoms with Crippen LogP contribution in [-0.4, -0.2) is 99.4 Å². The van der Waals surface area contributed by atoms with Gasteiger partial charge in [0.05, 0.1) is 134 Å². The molecular weight excluding hydrogens is 1810 g/mol. The number of ether oxygens (including phenoxy) is 6. The van der Waals surface area contributed by atoms with Crippen LogP contribution in [0.2, 0.25) is 60.3 Å². The first-order valence-corrected chi connectivity index (χ1v) is 43.9. The van der Waals surface area contributed by atoms with Gasteiger partial charge in [-0.25, -0.2) is 59.8 Å². The number of hydrogen-bond acceptors (Lipinski definition) is 24. The molecule has 12 aromatic rings. The van der Waals surface area contributed by atoms with Gasteiger partial charge < -0.3 is 62.8 Å². The van der Waals surface area contributed by atoms with E-state index in [2.05, 4.69) is 59.8 Å². The van der Waals surface area contributed by atoms with Crippen molar-refractivity contribution in [1.29, 1.82) is 0 Å². The number of aromatic nitrogens is 12. The standard InChI is InChI=1S/C16H15Cl2N3O.2C15H13Cl2N3O.C14H13Cl2N3O.2C13H11Cl2N3O/c17-10-7-11(18)15-9(5-6-22-15)13(10)14-8-3-1-2-4-12(8)20-16(19)21-14;2*16-9-6-10(17)14-8(4-5-21-14)12(9)13-7-2-1-3-11(7)19-15(18)20-13;1-2-7-5-11(19-14(17)18-7)12-8-3-4-20-13(8)10(16)6-9(12)15;2*1-6-4-10(18-13(16)17-6)11-7-2-3-19-12(7)9(15)5-8(11)14/h7H,1-6H2,(H2,19,20,21);2*6H,1-5H2,(H2,18,19,20);5-6H,2-4H2,1H3,(H2,17,18,19);2*4-5H,2-3H2,1H3,(H2,16,17,18). The van der Waals surface area contributed by atoms with Crippen molar-refractivity contribution in [3.8, 4) is 102 Å². The minimum atomic E-state index is 0.230. The summed E-state index contributed by atoms with van der Waals surface area (Å²) in [5.74, 6) is 5.85. The van der Waals surface area contributed by atoms with Gasteiger partial charge in [-0.1, -0.05) is 146 Å². The first-order valence-electron chi connectivity index (χ1n) is 39.3. The Morgan fingerprint density at radius 2 is 0.484 bits per heavy atom. The Bertz CT molecular complexity index is 5970. The van der Waals surface area contributed by atoms with E-state index in [1.54, 1.807) is 36.4 Å². The number of rotatable bonds is 7. The van der Waals surface area contributed by atoms with E-state index in [0.29, 0.717) is 146 Å². The van der Waals surface area contributed by atoms with Crippen molar-refractivity contribution in [1.82, 2.24) is 59.8 Å². The summed E-state index contributed by atoms with van der Waals surface area (Å²) in [6.07, 6.45) is 15.5. The van der Waals surface area contributed by atoms with Crippen LogP contribution in [0.1, 0.15) is 117 Å². The molecule has 0 saturated heterocycles. The van der Waals surface area contributed by atoms with Gasteiger partial charge in [0, 0.05) is 156 Å². The number of benzene rings is 6. The molecule has 3 aliphatic carbocycles. The molecule has 12 N–H and O–H groups in total. The number of fused-ring (bicyclic) bond motifs is 9. The Balaban J connectivity index is 0.000000109. The molecule has 0 fully saturated rings. The number of nitrogens with zero attached hydrogens (tertiary/aromatic N) is 12. The second-order valence-electron chi connectivity index (χ2n) is 29.7. The summed E-state index contributed by atoms with van der Waals surface area (Å²) in [6, 6.07) is 15.8. The zero-order valence-corrected chi connectivity index (χ0v) is 74.8. The molecule has 9 aliphatic rings. The number of aryl methyl sites for hydroxylation is 6. The Labute approximate surface area is 762 Å². The zero-order valence-electron chi connectivity index (χ0n) is 65.8. The molecule has 122 heavy (non-hydrogen) atoms. The smallest absolute Gasteiger partial charge is 0.220 e. The molecule has 0 amide bonds. The van der Waals surface area contributed by atoms with Crippen LogP contribution in [0.15, 0.2) is 54.6 Å². The zero-order chi connectivity index (χ0) is 85.8. The molecule has 21 rings (SSSR count). The van der Waals surface area contributed by atoms with Crippen LogP contribution in [0.3, 0.4) is 0 Å². The molecule has 0 unspecified atom stereocenters. The minimum Gasteiger partial charge on any atom is -0.491 e. The lowest BCUT2D eigenvalue weighted by molar-refractivity contribution is 0.357. The lowest BCUT2D eigenvalue weighted by Crippen LogP contribution is -2.12. The van der Waals surface area contributed by atoms with Gasteiger partial charge >= 0.3 is 0 Å². The van der Waals surface area contributed by atoms with E-state index in [1.807, 2.05) is 39.0 Å². The van der Waals surface area contributed by atoms with Crippen LogP contribution in [0, 0.1) is 13.8 Å². The third kappa shape index (κ3) is 17.6. The van der Waals surface area contributed by atoms with Crippen molar-refractivity contribution in [3.05, 3.63) is 199 Å². The van der Waals surface area contributed by atoms with Gasteiger partial charge in [-0.05, 0) is 139 Å². The summed E-state index contributed by atoms with van der Waals surface area (Å²) in [6.45, 7) is 9.39. The van der Waals surface area contributed by atoms with E-state index in [0.717, 1.165) is 261 Å². The third-order valence-corrected chi connectivity index (χ3v) is 25.3.